The highest BCUT2D eigenvalue weighted by Gasteiger charge is 2.58. The lowest BCUT2D eigenvalue weighted by atomic mass is 9.67. The minimum Gasteiger partial charge on any atom is -0.545 e. The zero-order chi connectivity index (χ0) is 23.8. The van der Waals surface area contributed by atoms with E-state index in [9.17, 15) is 14.9 Å². The third kappa shape index (κ3) is 4.00. The molecule has 1 heterocycles. The first-order chi connectivity index (χ1) is 14.9. The Morgan fingerprint density at radius 3 is 2.19 bits per heavy atom. The van der Waals surface area contributed by atoms with E-state index in [2.05, 4.69) is 59.9 Å². The van der Waals surface area contributed by atoms with Gasteiger partial charge in [0, 0.05) is 18.2 Å². The lowest BCUT2D eigenvalue weighted by Crippen LogP contribution is -2.51. The normalized spacial score (nSPS) is 25.7. The van der Waals surface area contributed by atoms with E-state index >= 15 is 0 Å². The van der Waals surface area contributed by atoms with Gasteiger partial charge in [0.25, 0.3) is 14.0 Å². The highest BCUT2D eigenvalue weighted by molar-refractivity contribution is 6.77. The van der Waals surface area contributed by atoms with Crippen molar-refractivity contribution in [1.29, 1.82) is 0 Å². The molecule has 0 spiro atoms. The first kappa shape index (κ1) is 24.5. The van der Waals surface area contributed by atoms with Crippen molar-refractivity contribution >= 4 is 19.9 Å². The summed E-state index contributed by atoms with van der Waals surface area (Å²) in [5, 5.41) is 14.3. The van der Waals surface area contributed by atoms with Crippen LogP contribution < -0.4 is 5.32 Å². The molecule has 0 radical (unpaired) electrons. The van der Waals surface area contributed by atoms with Crippen LogP contribution in [0.1, 0.15) is 66.9 Å². The summed E-state index contributed by atoms with van der Waals surface area (Å²) >= 11 is 0. The number of carbonyl (C=O) groups is 1. The Morgan fingerprint density at radius 2 is 1.69 bits per heavy atom. The molecule has 0 saturated carbocycles. The molecular weight excluding hydrogens is 420 g/mol. The number of nitrogens with one attached hydrogen (secondary N) is 1. The van der Waals surface area contributed by atoms with Crippen molar-refractivity contribution in [2.75, 3.05) is 0 Å². The molecule has 1 aliphatic carbocycles. The SMILES string of the molecule is CC(C)[Si](OC1=CCC[C@H]2NC(=O)[C@@H](Cc3ccc([N+](=O)[O-])cc3)[C@@]12C)(C(C)C)C(C)C. The number of benzene rings is 1. The largest absolute Gasteiger partial charge is 0.545 e. The molecule has 3 atom stereocenters. The van der Waals surface area contributed by atoms with Gasteiger partial charge in [-0.2, -0.15) is 0 Å². The summed E-state index contributed by atoms with van der Waals surface area (Å²) in [6.45, 7) is 15.9. The number of nitro groups is 1. The van der Waals surface area contributed by atoms with E-state index in [1.807, 2.05) is 0 Å². The minimum absolute atomic E-state index is 0.0521. The number of rotatable bonds is 8. The number of amides is 1. The molecule has 1 fully saturated rings. The second-order valence-corrected chi connectivity index (χ2v) is 16.0. The Balaban J connectivity index is 1.97. The van der Waals surface area contributed by atoms with Crippen LogP contribution >= 0.6 is 0 Å². The van der Waals surface area contributed by atoms with E-state index in [1.165, 1.54) is 12.1 Å². The van der Waals surface area contributed by atoms with E-state index < -0.39 is 18.7 Å². The molecule has 32 heavy (non-hydrogen) atoms. The maximum atomic E-state index is 13.1. The second kappa shape index (κ2) is 9.00. The van der Waals surface area contributed by atoms with Gasteiger partial charge in [0.2, 0.25) is 5.91 Å². The van der Waals surface area contributed by atoms with Crippen LogP contribution in [-0.4, -0.2) is 25.2 Å². The van der Waals surface area contributed by atoms with Crippen LogP contribution in [0.4, 0.5) is 5.69 Å². The third-order valence-electron chi connectivity index (χ3n) is 7.98. The summed E-state index contributed by atoms with van der Waals surface area (Å²) in [6, 6.07) is 6.63. The van der Waals surface area contributed by atoms with Crippen LogP contribution in [0.3, 0.4) is 0 Å². The van der Waals surface area contributed by atoms with E-state index in [1.54, 1.807) is 12.1 Å². The Labute approximate surface area is 193 Å². The summed E-state index contributed by atoms with van der Waals surface area (Å²) in [7, 11) is -2.17. The van der Waals surface area contributed by atoms with Gasteiger partial charge in [-0.3, -0.25) is 14.9 Å². The van der Waals surface area contributed by atoms with Gasteiger partial charge in [0.05, 0.1) is 22.0 Å². The standard InChI is InChI=1S/C25H38N2O4Si/c1-16(2)32(17(3)4,18(5)6)31-23-10-8-9-22-25(23,7)21(24(28)26-22)15-19-11-13-20(14-12-19)27(29)30/h10-14,16-18,21-22H,8-9,15H2,1-7H3,(H,26,28)/t21-,22-,25-/m1/s1. The summed E-state index contributed by atoms with van der Waals surface area (Å²) < 4.78 is 7.17. The highest BCUT2D eigenvalue weighted by Crippen LogP contribution is 2.53. The van der Waals surface area contributed by atoms with Crippen molar-refractivity contribution in [2.45, 2.75) is 90.4 Å². The molecule has 0 bridgehead atoms. The fourth-order valence-electron chi connectivity index (χ4n) is 6.24. The molecular formula is C25H38N2O4Si. The molecule has 1 aliphatic heterocycles. The second-order valence-electron chi connectivity index (χ2n) is 10.6. The average Bonchev–Trinajstić information content (AvgIpc) is 2.96. The van der Waals surface area contributed by atoms with Gasteiger partial charge in [0.1, 0.15) is 0 Å². The first-order valence-corrected chi connectivity index (χ1v) is 14.0. The predicted molar refractivity (Wildman–Crippen MR) is 130 cm³/mol. The van der Waals surface area contributed by atoms with Gasteiger partial charge in [0.15, 0.2) is 0 Å². The fraction of sp³-hybridized carbons (Fsp3) is 0.640. The maximum Gasteiger partial charge on any atom is 0.269 e. The molecule has 1 aromatic carbocycles. The van der Waals surface area contributed by atoms with E-state index in [0.29, 0.717) is 23.0 Å². The number of carbonyl (C=O) groups excluding carboxylic acids is 1. The fourth-order valence-corrected chi connectivity index (χ4v) is 11.6. The Bertz CT molecular complexity index is 872. The molecule has 3 rings (SSSR count). The third-order valence-corrected chi connectivity index (χ3v) is 14.0. The first-order valence-electron chi connectivity index (χ1n) is 11.9. The van der Waals surface area contributed by atoms with Gasteiger partial charge >= 0.3 is 0 Å². The molecule has 0 unspecified atom stereocenters. The van der Waals surface area contributed by atoms with Crippen molar-refractivity contribution in [3.8, 4) is 0 Å². The van der Waals surface area contributed by atoms with Crippen molar-refractivity contribution in [1.82, 2.24) is 5.32 Å². The number of fused-ring (bicyclic) bond motifs is 1. The zero-order valence-electron chi connectivity index (χ0n) is 20.5. The van der Waals surface area contributed by atoms with Gasteiger partial charge in [-0.05, 0) is 54.4 Å². The molecule has 7 heteroatoms. The van der Waals surface area contributed by atoms with Crippen molar-refractivity contribution in [3.05, 3.63) is 51.8 Å². The number of nitro benzene ring substituents is 1. The van der Waals surface area contributed by atoms with Crippen molar-refractivity contribution < 1.29 is 14.1 Å². The number of nitrogens with zero attached hydrogens (tertiary/aromatic N) is 1. The van der Waals surface area contributed by atoms with Gasteiger partial charge < -0.3 is 9.74 Å². The van der Waals surface area contributed by atoms with Crippen LogP contribution in [0.2, 0.25) is 16.6 Å². The topological polar surface area (TPSA) is 81.5 Å². The quantitative estimate of drug-likeness (QED) is 0.289. The molecule has 1 N–H and O–H groups in total. The van der Waals surface area contributed by atoms with E-state index in [4.69, 9.17) is 4.43 Å². The molecule has 176 valence electrons. The lowest BCUT2D eigenvalue weighted by molar-refractivity contribution is -0.384. The summed E-state index contributed by atoms with van der Waals surface area (Å²) in [6.07, 6.45) is 4.58. The summed E-state index contributed by atoms with van der Waals surface area (Å²) in [4.78, 5) is 23.8. The lowest BCUT2D eigenvalue weighted by Gasteiger charge is -2.48. The Morgan fingerprint density at radius 1 is 1.12 bits per heavy atom. The van der Waals surface area contributed by atoms with Crippen LogP contribution in [0.15, 0.2) is 36.1 Å². The molecule has 2 aliphatic rings. The molecule has 1 aromatic rings. The smallest absolute Gasteiger partial charge is 0.269 e. The van der Waals surface area contributed by atoms with Crippen LogP contribution in [0.5, 0.6) is 0 Å². The minimum atomic E-state index is -2.17. The van der Waals surface area contributed by atoms with Gasteiger partial charge in [-0.15, -0.1) is 0 Å². The monoisotopic (exact) mass is 458 g/mol. The molecule has 6 nitrogen and oxygen atoms in total. The highest BCUT2D eigenvalue weighted by atomic mass is 28.4. The maximum absolute atomic E-state index is 13.1. The zero-order valence-corrected chi connectivity index (χ0v) is 21.5. The van der Waals surface area contributed by atoms with Crippen LogP contribution in [0, 0.1) is 21.4 Å². The van der Waals surface area contributed by atoms with E-state index in [0.717, 1.165) is 24.2 Å². The van der Waals surface area contributed by atoms with Crippen LogP contribution in [-0.2, 0) is 15.6 Å². The number of hydrogen-bond donors (Lipinski definition) is 1. The summed E-state index contributed by atoms with van der Waals surface area (Å²) in [5.41, 5.74) is 1.93. The van der Waals surface area contributed by atoms with Crippen molar-refractivity contribution in [3.63, 3.8) is 0 Å². The van der Waals surface area contributed by atoms with E-state index in [-0.39, 0.29) is 23.6 Å². The van der Waals surface area contributed by atoms with Gasteiger partial charge in [-0.1, -0.05) is 53.7 Å². The Hall–Kier alpha value is -2.15. The van der Waals surface area contributed by atoms with Crippen LogP contribution in [0.25, 0.3) is 0 Å². The number of non-ortho nitro benzene ring substituents is 1. The van der Waals surface area contributed by atoms with Crippen molar-refractivity contribution in [2.24, 2.45) is 11.3 Å². The number of hydrogen-bond acceptors (Lipinski definition) is 4. The molecule has 0 aromatic heterocycles. The average molecular weight is 459 g/mol. The summed E-state index contributed by atoms with van der Waals surface area (Å²) in [5.74, 6) is 0.777. The Kier molecular flexibility index (Phi) is 6.89. The predicted octanol–water partition coefficient (Wildman–Crippen LogP) is 6.13. The molecule has 1 amide bonds. The number of allylic oxidation sites excluding steroid dienone is 1. The molecule has 1 saturated heterocycles. The van der Waals surface area contributed by atoms with Gasteiger partial charge in [-0.25, -0.2) is 0 Å².